The van der Waals surface area contributed by atoms with Crippen molar-refractivity contribution < 1.29 is 0 Å². The fraction of sp³-hybridized carbons (Fsp3) is 0.0182. The van der Waals surface area contributed by atoms with Gasteiger partial charge in [0.15, 0.2) is 0 Å². The highest BCUT2D eigenvalue weighted by molar-refractivity contribution is 6.29. The summed E-state index contributed by atoms with van der Waals surface area (Å²) < 4.78 is 4.99. The van der Waals surface area contributed by atoms with E-state index in [0.29, 0.717) is 0 Å². The molecule has 0 spiro atoms. The van der Waals surface area contributed by atoms with Crippen LogP contribution in [0.15, 0.2) is 206 Å². The van der Waals surface area contributed by atoms with Crippen molar-refractivity contribution >= 4 is 43.6 Å². The molecule has 2 heterocycles. The molecule has 0 atom stereocenters. The predicted molar refractivity (Wildman–Crippen MR) is 240 cm³/mol. The van der Waals surface area contributed by atoms with E-state index in [1.807, 2.05) is 0 Å². The maximum absolute atomic E-state index is 2.51. The molecule has 12 rings (SSSR count). The van der Waals surface area contributed by atoms with Crippen molar-refractivity contribution in [3.63, 3.8) is 0 Å². The highest BCUT2D eigenvalue weighted by Gasteiger charge is 2.26. The van der Waals surface area contributed by atoms with Crippen molar-refractivity contribution in [2.45, 2.75) is 6.42 Å². The van der Waals surface area contributed by atoms with Gasteiger partial charge in [-0.3, -0.25) is 0 Å². The number of rotatable bonds is 5. The van der Waals surface area contributed by atoms with Crippen LogP contribution in [0, 0.1) is 0 Å². The second-order valence-corrected chi connectivity index (χ2v) is 15.3. The molecule has 0 bridgehead atoms. The third-order valence-electron chi connectivity index (χ3n) is 12.1. The Bertz CT molecular complexity index is 3290. The first-order valence-electron chi connectivity index (χ1n) is 19.8. The molecule has 0 saturated heterocycles. The number of nitrogens with zero attached hydrogens (tertiary/aromatic N) is 2. The minimum Gasteiger partial charge on any atom is -0.309 e. The van der Waals surface area contributed by atoms with Gasteiger partial charge in [-0.1, -0.05) is 152 Å². The molecule has 1 aliphatic carbocycles. The predicted octanol–water partition coefficient (Wildman–Crippen LogP) is 14.5. The third-order valence-corrected chi connectivity index (χ3v) is 12.1. The normalized spacial score (nSPS) is 12.1. The van der Waals surface area contributed by atoms with E-state index < -0.39 is 0 Å². The van der Waals surface area contributed by atoms with Gasteiger partial charge in [0.2, 0.25) is 0 Å². The molecule has 11 aromatic rings. The minimum atomic E-state index is 0.945. The standard InChI is InChI=1S/C55H36N2/c1-4-16-36(17-5-1)40-30-41(37-18-6-2-7-19-37)32-42(31-40)56-50-26-14-12-24-45(50)54-52(56)28-29-53-55(54)46-25-13-15-27-51(46)57(53)43-34-47(38-20-8-3-9-21-38)48-33-39-22-10-11-23-44(39)49(48)35-43/h1-32,34-35H,33H2. The van der Waals surface area contributed by atoms with Crippen LogP contribution in [-0.2, 0) is 6.42 Å². The first-order chi connectivity index (χ1) is 28.3. The molecule has 0 saturated carbocycles. The molecule has 2 aromatic heterocycles. The highest BCUT2D eigenvalue weighted by Crippen LogP contribution is 2.47. The van der Waals surface area contributed by atoms with Gasteiger partial charge in [-0.15, -0.1) is 0 Å². The van der Waals surface area contributed by atoms with Crippen LogP contribution < -0.4 is 0 Å². The highest BCUT2D eigenvalue weighted by atomic mass is 15.0. The average molecular weight is 725 g/mol. The van der Waals surface area contributed by atoms with Crippen LogP contribution >= 0.6 is 0 Å². The number of para-hydroxylation sites is 2. The van der Waals surface area contributed by atoms with Gasteiger partial charge in [0.05, 0.1) is 22.1 Å². The van der Waals surface area contributed by atoms with Gasteiger partial charge in [0.25, 0.3) is 0 Å². The zero-order chi connectivity index (χ0) is 37.5. The van der Waals surface area contributed by atoms with Crippen LogP contribution in [0.3, 0.4) is 0 Å². The van der Waals surface area contributed by atoms with Crippen molar-refractivity contribution in [2.75, 3.05) is 0 Å². The van der Waals surface area contributed by atoms with Gasteiger partial charge in [-0.25, -0.2) is 0 Å². The number of hydrogen-bond acceptors (Lipinski definition) is 0. The van der Waals surface area contributed by atoms with Gasteiger partial charge < -0.3 is 9.13 Å². The van der Waals surface area contributed by atoms with Crippen LogP contribution in [0.1, 0.15) is 11.1 Å². The summed E-state index contributed by atoms with van der Waals surface area (Å²) >= 11 is 0. The van der Waals surface area contributed by atoms with Crippen molar-refractivity contribution in [2.24, 2.45) is 0 Å². The largest absolute Gasteiger partial charge is 0.309 e. The van der Waals surface area contributed by atoms with Crippen molar-refractivity contribution in [3.8, 4) is 55.9 Å². The molecule has 266 valence electrons. The van der Waals surface area contributed by atoms with Crippen molar-refractivity contribution in [3.05, 3.63) is 217 Å². The lowest BCUT2D eigenvalue weighted by Crippen LogP contribution is -1.98. The topological polar surface area (TPSA) is 9.86 Å². The quantitative estimate of drug-likeness (QED) is 0.167. The summed E-state index contributed by atoms with van der Waals surface area (Å²) in [4.78, 5) is 0. The zero-order valence-electron chi connectivity index (χ0n) is 31.2. The Balaban J connectivity index is 1.16. The SMILES string of the molecule is c1ccc(-c2cc(-c3ccccc3)cc(-n3c4ccccc4c4c5c6ccccc6n(-c6cc(-c7ccccc7)c7c(c6)-c6ccccc6C7)c5ccc43)c2)cc1. The second kappa shape index (κ2) is 12.6. The Morgan fingerprint density at radius 3 is 1.33 bits per heavy atom. The molecule has 0 amide bonds. The van der Waals surface area contributed by atoms with E-state index in [0.717, 1.165) is 12.1 Å². The lowest BCUT2D eigenvalue weighted by molar-refractivity contribution is 1.17. The van der Waals surface area contributed by atoms with E-state index in [1.54, 1.807) is 0 Å². The van der Waals surface area contributed by atoms with E-state index in [4.69, 9.17) is 0 Å². The van der Waals surface area contributed by atoms with Crippen LogP contribution in [0.4, 0.5) is 0 Å². The lowest BCUT2D eigenvalue weighted by atomic mass is 9.94. The molecule has 1 aliphatic rings. The van der Waals surface area contributed by atoms with Gasteiger partial charge in [-0.2, -0.15) is 0 Å². The molecular weight excluding hydrogens is 689 g/mol. The first-order valence-corrected chi connectivity index (χ1v) is 19.8. The average Bonchev–Trinajstić information content (AvgIpc) is 3.94. The van der Waals surface area contributed by atoms with Gasteiger partial charge in [-0.05, 0) is 117 Å². The third kappa shape index (κ3) is 4.91. The summed E-state index contributed by atoms with van der Waals surface area (Å²) in [5.41, 5.74) is 20.0. The number of fused-ring (bicyclic) bond motifs is 10. The smallest absolute Gasteiger partial charge is 0.0548 e. The number of aromatic nitrogens is 2. The Hall–Kier alpha value is -7.42. The van der Waals surface area contributed by atoms with Crippen LogP contribution in [0.2, 0.25) is 0 Å². The molecule has 0 N–H and O–H groups in total. The summed E-state index contributed by atoms with van der Waals surface area (Å²) in [5.74, 6) is 0. The molecule has 9 aromatic carbocycles. The molecule has 2 heteroatoms. The fourth-order valence-electron chi connectivity index (χ4n) is 9.63. The summed E-state index contributed by atoms with van der Waals surface area (Å²) in [6.07, 6.45) is 0.945. The van der Waals surface area contributed by atoms with E-state index in [-0.39, 0.29) is 0 Å². The maximum atomic E-state index is 2.51. The molecule has 0 fully saturated rings. The van der Waals surface area contributed by atoms with Crippen LogP contribution in [0.25, 0.3) is 99.5 Å². The number of hydrogen-bond donors (Lipinski definition) is 0. The molecular formula is C55H36N2. The van der Waals surface area contributed by atoms with Crippen molar-refractivity contribution in [1.82, 2.24) is 9.13 Å². The van der Waals surface area contributed by atoms with E-state index in [2.05, 4.69) is 215 Å². The molecule has 2 nitrogen and oxygen atoms in total. The van der Waals surface area contributed by atoms with E-state index >= 15 is 0 Å². The Kier molecular flexibility index (Phi) is 7.02. The molecule has 0 radical (unpaired) electrons. The molecule has 0 unspecified atom stereocenters. The summed E-state index contributed by atoms with van der Waals surface area (Å²) in [5, 5.41) is 5.06. The summed E-state index contributed by atoms with van der Waals surface area (Å²) in [6, 6.07) is 75.9. The van der Waals surface area contributed by atoms with Gasteiger partial charge in [0.1, 0.15) is 0 Å². The maximum Gasteiger partial charge on any atom is 0.0548 e. The monoisotopic (exact) mass is 724 g/mol. The Morgan fingerprint density at radius 1 is 0.298 bits per heavy atom. The minimum absolute atomic E-state index is 0.945. The van der Waals surface area contributed by atoms with Gasteiger partial charge >= 0.3 is 0 Å². The molecule has 57 heavy (non-hydrogen) atoms. The molecule has 0 aliphatic heterocycles. The van der Waals surface area contributed by atoms with Crippen molar-refractivity contribution in [1.29, 1.82) is 0 Å². The Morgan fingerprint density at radius 2 is 0.754 bits per heavy atom. The lowest BCUT2D eigenvalue weighted by Gasteiger charge is -2.16. The van der Waals surface area contributed by atoms with Crippen LogP contribution in [0.5, 0.6) is 0 Å². The van der Waals surface area contributed by atoms with Crippen LogP contribution in [-0.4, -0.2) is 9.13 Å². The summed E-state index contributed by atoms with van der Waals surface area (Å²) in [6.45, 7) is 0. The second-order valence-electron chi connectivity index (χ2n) is 15.3. The Labute approximate surface area is 331 Å². The fourth-order valence-corrected chi connectivity index (χ4v) is 9.63. The first kappa shape index (κ1) is 31.9. The number of benzene rings is 9. The van der Waals surface area contributed by atoms with E-state index in [9.17, 15) is 0 Å². The summed E-state index contributed by atoms with van der Waals surface area (Å²) in [7, 11) is 0. The zero-order valence-corrected chi connectivity index (χ0v) is 31.2. The van der Waals surface area contributed by atoms with Gasteiger partial charge in [0, 0.05) is 32.9 Å². The van der Waals surface area contributed by atoms with E-state index in [1.165, 1.54) is 105 Å².